The number of carbonyl (C=O) groups is 1. The number of nitrogens with one attached hydrogen (secondary N) is 1. The molecule has 2 aliphatic heterocycles. The Balaban J connectivity index is 1.95. The number of piperidine rings is 1. The Labute approximate surface area is 164 Å². The first kappa shape index (κ1) is 22.6. The minimum Gasteiger partial charge on any atom is -0.379 e. The van der Waals surface area contributed by atoms with Gasteiger partial charge < -0.3 is 10.1 Å². The number of hydrogen-bond acceptors (Lipinski definition) is 5. The van der Waals surface area contributed by atoms with E-state index in [2.05, 4.69) is 24.1 Å². The van der Waals surface area contributed by atoms with Crippen molar-refractivity contribution in [2.45, 2.75) is 65.0 Å². The van der Waals surface area contributed by atoms with Crippen molar-refractivity contribution in [3.8, 4) is 0 Å². The zero-order valence-electron chi connectivity index (χ0n) is 17.2. The molecule has 0 aliphatic carbocycles. The highest BCUT2D eigenvalue weighted by Gasteiger charge is 2.35. The smallest absolute Gasteiger partial charge is 0.237 e. The van der Waals surface area contributed by atoms with Gasteiger partial charge in [-0.1, -0.05) is 33.6 Å². The van der Waals surface area contributed by atoms with Crippen molar-refractivity contribution in [1.29, 1.82) is 0 Å². The van der Waals surface area contributed by atoms with E-state index in [9.17, 15) is 13.2 Å². The molecule has 0 bridgehead atoms. The van der Waals surface area contributed by atoms with Gasteiger partial charge in [-0.25, -0.2) is 12.7 Å². The van der Waals surface area contributed by atoms with E-state index in [1.807, 2.05) is 6.92 Å². The fraction of sp³-hybridized carbons (Fsp3) is 0.947. The molecular weight excluding hydrogens is 366 g/mol. The molecule has 0 aromatic rings. The molecule has 1 amide bonds. The Morgan fingerprint density at radius 2 is 1.67 bits per heavy atom. The van der Waals surface area contributed by atoms with Gasteiger partial charge in [0, 0.05) is 32.2 Å². The maximum absolute atomic E-state index is 13.1. The predicted octanol–water partition coefficient (Wildman–Crippen LogP) is 1.44. The number of hydrogen-bond donors (Lipinski definition) is 1. The van der Waals surface area contributed by atoms with Gasteiger partial charge in [-0.05, 0) is 25.2 Å². The standard InChI is InChI=1S/C19H37N3O4S/c1-4-15-27(24,25)22-9-7-17(8-10-22)20-19(23)18(16(5-2)6-3)21-11-13-26-14-12-21/h16-18H,4-15H2,1-3H3,(H,20,23). The SMILES string of the molecule is CCCS(=O)(=O)N1CCC(NC(=O)C(C(CC)CC)N2CCOCC2)CC1. The summed E-state index contributed by atoms with van der Waals surface area (Å²) in [6.45, 7) is 10.1. The summed E-state index contributed by atoms with van der Waals surface area (Å²) in [5.41, 5.74) is 0. The van der Waals surface area contributed by atoms with Crippen molar-refractivity contribution in [2.75, 3.05) is 45.1 Å². The Hall–Kier alpha value is -0.700. The molecule has 2 heterocycles. The highest BCUT2D eigenvalue weighted by Crippen LogP contribution is 2.22. The zero-order valence-corrected chi connectivity index (χ0v) is 18.0. The van der Waals surface area contributed by atoms with Crippen LogP contribution in [-0.4, -0.2) is 80.8 Å². The van der Waals surface area contributed by atoms with Crippen LogP contribution >= 0.6 is 0 Å². The van der Waals surface area contributed by atoms with Crippen LogP contribution in [0.25, 0.3) is 0 Å². The molecule has 1 N–H and O–H groups in total. The third-order valence-electron chi connectivity index (χ3n) is 5.86. The van der Waals surface area contributed by atoms with E-state index < -0.39 is 10.0 Å². The Morgan fingerprint density at radius 1 is 1.07 bits per heavy atom. The van der Waals surface area contributed by atoms with E-state index >= 15 is 0 Å². The molecule has 0 spiro atoms. The second kappa shape index (κ2) is 10.7. The van der Waals surface area contributed by atoms with Crippen LogP contribution < -0.4 is 5.32 Å². The number of nitrogens with zero attached hydrogens (tertiary/aromatic N) is 2. The molecule has 27 heavy (non-hydrogen) atoms. The fourth-order valence-electron chi connectivity index (χ4n) is 4.22. The number of rotatable bonds is 9. The first-order chi connectivity index (χ1) is 12.9. The summed E-state index contributed by atoms with van der Waals surface area (Å²) < 4.78 is 31.5. The molecule has 0 aromatic heterocycles. The molecule has 0 aromatic carbocycles. The van der Waals surface area contributed by atoms with E-state index in [0.29, 0.717) is 51.5 Å². The summed E-state index contributed by atoms with van der Waals surface area (Å²) in [5, 5.41) is 3.23. The normalized spacial score (nSPS) is 22.1. The van der Waals surface area contributed by atoms with Gasteiger partial charge in [-0.3, -0.25) is 9.69 Å². The average Bonchev–Trinajstić information content (AvgIpc) is 2.67. The Morgan fingerprint density at radius 3 is 2.19 bits per heavy atom. The molecule has 1 unspecified atom stereocenters. The number of morpholine rings is 1. The van der Waals surface area contributed by atoms with E-state index in [4.69, 9.17) is 4.74 Å². The van der Waals surface area contributed by atoms with Crippen LogP contribution in [-0.2, 0) is 19.6 Å². The molecule has 2 aliphatic rings. The molecule has 158 valence electrons. The van der Waals surface area contributed by atoms with Crippen molar-refractivity contribution < 1.29 is 17.9 Å². The maximum atomic E-state index is 13.1. The summed E-state index contributed by atoms with van der Waals surface area (Å²) in [5.74, 6) is 0.631. The van der Waals surface area contributed by atoms with Crippen LogP contribution in [0.15, 0.2) is 0 Å². The minimum absolute atomic E-state index is 0.0588. The molecule has 2 saturated heterocycles. The second-order valence-electron chi connectivity index (χ2n) is 7.67. The highest BCUT2D eigenvalue weighted by molar-refractivity contribution is 7.89. The monoisotopic (exact) mass is 403 g/mol. The lowest BCUT2D eigenvalue weighted by Crippen LogP contribution is -2.57. The van der Waals surface area contributed by atoms with Gasteiger partial charge in [0.2, 0.25) is 15.9 Å². The van der Waals surface area contributed by atoms with Crippen molar-refractivity contribution in [1.82, 2.24) is 14.5 Å². The zero-order chi connectivity index (χ0) is 19.9. The van der Waals surface area contributed by atoms with E-state index in [-0.39, 0.29) is 23.7 Å². The summed E-state index contributed by atoms with van der Waals surface area (Å²) in [7, 11) is -3.14. The van der Waals surface area contributed by atoms with Crippen molar-refractivity contribution in [3.63, 3.8) is 0 Å². The molecule has 2 rings (SSSR count). The second-order valence-corrected chi connectivity index (χ2v) is 9.76. The number of sulfonamides is 1. The van der Waals surface area contributed by atoms with E-state index in [1.54, 1.807) is 4.31 Å². The van der Waals surface area contributed by atoms with Crippen LogP contribution in [0.4, 0.5) is 0 Å². The molecule has 8 heteroatoms. The third-order valence-corrected chi connectivity index (χ3v) is 7.93. The highest BCUT2D eigenvalue weighted by atomic mass is 32.2. The van der Waals surface area contributed by atoms with Gasteiger partial charge in [0.1, 0.15) is 0 Å². The summed E-state index contributed by atoms with van der Waals surface area (Å²) in [4.78, 5) is 15.4. The fourth-order valence-corrected chi connectivity index (χ4v) is 5.76. The number of carbonyl (C=O) groups excluding carboxylic acids is 1. The van der Waals surface area contributed by atoms with E-state index in [1.165, 1.54) is 0 Å². The lowest BCUT2D eigenvalue weighted by Gasteiger charge is -2.39. The van der Waals surface area contributed by atoms with E-state index in [0.717, 1.165) is 25.9 Å². The van der Waals surface area contributed by atoms with Gasteiger partial charge in [0.05, 0.1) is 25.0 Å². The van der Waals surface area contributed by atoms with Gasteiger partial charge in [-0.15, -0.1) is 0 Å². The average molecular weight is 404 g/mol. The summed E-state index contributed by atoms with van der Waals surface area (Å²) >= 11 is 0. The van der Waals surface area contributed by atoms with Crippen LogP contribution in [0, 0.1) is 5.92 Å². The molecule has 0 saturated carbocycles. The van der Waals surface area contributed by atoms with Crippen LogP contribution in [0.1, 0.15) is 52.9 Å². The maximum Gasteiger partial charge on any atom is 0.237 e. The lowest BCUT2D eigenvalue weighted by atomic mass is 9.91. The molecule has 1 atom stereocenters. The first-order valence-electron chi connectivity index (χ1n) is 10.5. The quantitative estimate of drug-likeness (QED) is 0.630. The number of ether oxygens (including phenoxy) is 1. The van der Waals surface area contributed by atoms with Crippen molar-refractivity contribution in [3.05, 3.63) is 0 Å². The summed E-state index contributed by atoms with van der Waals surface area (Å²) in [6, 6.07) is -0.0609. The van der Waals surface area contributed by atoms with Gasteiger partial charge in [0.15, 0.2) is 0 Å². The molecule has 0 radical (unpaired) electrons. The topological polar surface area (TPSA) is 79.0 Å². The largest absolute Gasteiger partial charge is 0.379 e. The first-order valence-corrected chi connectivity index (χ1v) is 12.1. The Kier molecular flexibility index (Phi) is 8.98. The Bertz CT molecular complexity index is 551. The predicted molar refractivity (Wildman–Crippen MR) is 107 cm³/mol. The van der Waals surface area contributed by atoms with Crippen LogP contribution in [0.3, 0.4) is 0 Å². The molecule has 7 nitrogen and oxygen atoms in total. The van der Waals surface area contributed by atoms with Crippen LogP contribution in [0.5, 0.6) is 0 Å². The van der Waals surface area contributed by atoms with Gasteiger partial charge in [-0.2, -0.15) is 0 Å². The number of amides is 1. The van der Waals surface area contributed by atoms with Gasteiger partial charge in [0.25, 0.3) is 0 Å². The third kappa shape index (κ3) is 6.14. The van der Waals surface area contributed by atoms with Crippen LogP contribution in [0.2, 0.25) is 0 Å². The lowest BCUT2D eigenvalue weighted by molar-refractivity contribution is -0.131. The molecular formula is C19H37N3O4S. The van der Waals surface area contributed by atoms with Crippen molar-refractivity contribution >= 4 is 15.9 Å². The summed E-state index contributed by atoms with van der Waals surface area (Å²) in [6.07, 6.45) is 3.95. The minimum atomic E-state index is -3.14. The molecule has 2 fully saturated rings. The van der Waals surface area contributed by atoms with Crippen molar-refractivity contribution in [2.24, 2.45) is 5.92 Å². The van der Waals surface area contributed by atoms with Gasteiger partial charge >= 0.3 is 0 Å².